The predicted molar refractivity (Wildman–Crippen MR) is 40.2 cm³/mol. The van der Waals surface area contributed by atoms with Gasteiger partial charge in [0.25, 0.3) is 0 Å². The Morgan fingerprint density at radius 1 is 1.44 bits per heavy atom. The van der Waals surface area contributed by atoms with Crippen molar-refractivity contribution < 1.29 is 4.74 Å². The third-order valence-corrected chi connectivity index (χ3v) is 1.36. The Morgan fingerprint density at radius 2 is 2.00 bits per heavy atom. The Bertz CT molecular complexity index is 59.6. The summed E-state index contributed by atoms with van der Waals surface area (Å²) in [6, 6.07) is 0. The Labute approximate surface area is 58.4 Å². The minimum absolute atomic E-state index is 0.138. The van der Waals surface area contributed by atoms with Gasteiger partial charge in [0.15, 0.2) is 0 Å². The molecular formula is C8H17O. The average Bonchev–Trinajstić information content (AvgIpc) is 1.83. The molecule has 0 aliphatic rings. The van der Waals surface area contributed by atoms with Gasteiger partial charge >= 0.3 is 0 Å². The quantitative estimate of drug-likeness (QED) is 0.565. The summed E-state index contributed by atoms with van der Waals surface area (Å²) < 4.78 is 5.28. The van der Waals surface area contributed by atoms with Crippen LogP contribution in [0, 0.1) is 12.8 Å². The van der Waals surface area contributed by atoms with E-state index >= 15 is 0 Å². The van der Waals surface area contributed by atoms with Crippen LogP contribution in [0.4, 0.5) is 0 Å². The van der Waals surface area contributed by atoms with E-state index in [1.807, 2.05) is 6.92 Å². The number of ether oxygens (including phenoxy) is 1. The Hall–Kier alpha value is -0.0400. The normalized spacial score (nSPS) is 14.3. The van der Waals surface area contributed by atoms with Gasteiger partial charge in [-0.1, -0.05) is 20.3 Å². The second kappa shape index (κ2) is 4.80. The van der Waals surface area contributed by atoms with Crippen LogP contribution >= 0.6 is 0 Å². The molecule has 0 aliphatic heterocycles. The van der Waals surface area contributed by atoms with Gasteiger partial charge in [-0.2, -0.15) is 0 Å². The molecule has 0 aromatic heterocycles. The fourth-order valence-electron chi connectivity index (χ4n) is 0.446. The maximum atomic E-state index is 5.28. The van der Waals surface area contributed by atoms with Gasteiger partial charge in [0, 0.05) is 6.61 Å². The van der Waals surface area contributed by atoms with E-state index in [9.17, 15) is 0 Å². The van der Waals surface area contributed by atoms with Crippen molar-refractivity contribution in [2.75, 3.05) is 6.61 Å². The first-order valence-electron chi connectivity index (χ1n) is 3.61. The highest BCUT2D eigenvalue weighted by atomic mass is 16.5. The van der Waals surface area contributed by atoms with E-state index in [0.717, 1.165) is 6.61 Å². The largest absolute Gasteiger partial charge is 0.378 e. The van der Waals surface area contributed by atoms with E-state index in [2.05, 4.69) is 20.8 Å². The summed E-state index contributed by atoms with van der Waals surface area (Å²) in [5.74, 6) is 0.675. The highest BCUT2D eigenvalue weighted by molar-refractivity contribution is 4.52. The van der Waals surface area contributed by atoms with Gasteiger partial charge < -0.3 is 4.74 Å². The molecule has 0 saturated carbocycles. The third-order valence-electron chi connectivity index (χ3n) is 1.36. The number of rotatable bonds is 4. The smallest absolute Gasteiger partial charge is 0.0548 e. The first-order chi connectivity index (χ1) is 4.16. The summed E-state index contributed by atoms with van der Waals surface area (Å²) >= 11 is 0. The van der Waals surface area contributed by atoms with E-state index in [4.69, 9.17) is 4.74 Å². The van der Waals surface area contributed by atoms with Crippen molar-refractivity contribution in [3.05, 3.63) is 6.92 Å². The summed E-state index contributed by atoms with van der Waals surface area (Å²) in [6.07, 6.45) is 1.33. The zero-order valence-electron chi connectivity index (χ0n) is 6.68. The van der Waals surface area contributed by atoms with Gasteiger partial charge in [0.05, 0.1) is 6.10 Å². The van der Waals surface area contributed by atoms with Crippen LogP contribution in [0.5, 0.6) is 0 Å². The lowest BCUT2D eigenvalue weighted by atomic mass is 10.1. The van der Waals surface area contributed by atoms with Crippen LogP contribution < -0.4 is 0 Å². The van der Waals surface area contributed by atoms with Gasteiger partial charge in [-0.15, -0.1) is 0 Å². The monoisotopic (exact) mass is 129 g/mol. The standard InChI is InChI=1S/C8H17O/c1-5-8(4)6-9-7(2)3/h7-8H,2,5-6H2,1,3-4H3. The van der Waals surface area contributed by atoms with Crippen LogP contribution in [0.1, 0.15) is 27.2 Å². The van der Waals surface area contributed by atoms with Crippen molar-refractivity contribution >= 4 is 0 Å². The molecule has 0 N–H and O–H groups in total. The van der Waals surface area contributed by atoms with E-state index in [-0.39, 0.29) is 6.10 Å². The molecule has 0 bridgehead atoms. The molecule has 55 valence electrons. The van der Waals surface area contributed by atoms with Crippen molar-refractivity contribution in [2.45, 2.75) is 33.3 Å². The maximum absolute atomic E-state index is 5.28. The topological polar surface area (TPSA) is 9.23 Å². The molecule has 9 heavy (non-hydrogen) atoms. The van der Waals surface area contributed by atoms with Gasteiger partial charge in [0.1, 0.15) is 0 Å². The second-order valence-corrected chi connectivity index (χ2v) is 2.66. The number of hydrogen-bond donors (Lipinski definition) is 0. The van der Waals surface area contributed by atoms with Crippen LogP contribution in [0.15, 0.2) is 0 Å². The lowest BCUT2D eigenvalue weighted by Crippen LogP contribution is -2.10. The SMILES string of the molecule is [CH2]C(C)OCC(C)CC. The molecule has 0 aromatic carbocycles. The van der Waals surface area contributed by atoms with Crippen LogP contribution in [-0.2, 0) is 4.74 Å². The van der Waals surface area contributed by atoms with Gasteiger partial charge in [0.2, 0.25) is 0 Å². The molecule has 0 aromatic rings. The van der Waals surface area contributed by atoms with E-state index in [1.165, 1.54) is 6.42 Å². The second-order valence-electron chi connectivity index (χ2n) is 2.66. The van der Waals surface area contributed by atoms with Crippen molar-refractivity contribution in [3.8, 4) is 0 Å². The van der Waals surface area contributed by atoms with Crippen LogP contribution in [0.2, 0.25) is 0 Å². The zero-order chi connectivity index (χ0) is 7.28. The van der Waals surface area contributed by atoms with Gasteiger partial charge in [-0.05, 0) is 19.8 Å². The third kappa shape index (κ3) is 5.84. The molecule has 0 amide bonds. The summed E-state index contributed by atoms with van der Waals surface area (Å²) in [6.45, 7) is 10.9. The first kappa shape index (κ1) is 8.96. The van der Waals surface area contributed by atoms with Crippen molar-refractivity contribution in [3.63, 3.8) is 0 Å². The molecule has 2 atom stereocenters. The summed E-state index contributed by atoms with van der Waals surface area (Å²) in [7, 11) is 0. The molecule has 1 heteroatoms. The first-order valence-corrected chi connectivity index (χ1v) is 3.61. The molecule has 0 spiro atoms. The van der Waals surface area contributed by atoms with E-state index in [0.29, 0.717) is 5.92 Å². The minimum Gasteiger partial charge on any atom is -0.378 e. The fourth-order valence-corrected chi connectivity index (χ4v) is 0.446. The fraction of sp³-hybridized carbons (Fsp3) is 0.875. The van der Waals surface area contributed by atoms with Gasteiger partial charge in [-0.25, -0.2) is 0 Å². The molecule has 0 aliphatic carbocycles. The Balaban J connectivity index is 3.06. The van der Waals surface area contributed by atoms with E-state index < -0.39 is 0 Å². The Kier molecular flexibility index (Phi) is 4.78. The Morgan fingerprint density at radius 3 is 2.33 bits per heavy atom. The summed E-state index contributed by atoms with van der Waals surface area (Å²) in [5, 5.41) is 0. The van der Waals surface area contributed by atoms with Crippen LogP contribution in [-0.4, -0.2) is 12.7 Å². The predicted octanol–water partition coefficient (Wildman–Crippen LogP) is 2.27. The van der Waals surface area contributed by atoms with Crippen LogP contribution in [0.25, 0.3) is 0 Å². The molecule has 0 saturated heterocycles. The summed E-state index contributed by atoms with van der Waals surface area (Å²) in [4.78, 5) is 0. The molecule has 0 rings (SSSR count). The molecule has 1 nitrogen and oxygen atoms in total. The van der Waals surface area contributed by atoms with Crippen molar-refractivity contribution in [1.29, 1.82) is 0 Å². The zero-order valence-corrected chi connectivity index (χ0v) is 6.68. The van der Waals surface area contributed by atoms with Crippen molar-refractivity contribution in [2.24, 2.45) is 5.92 Å². The molecule has 1 radical (unpaired) electrons. The highest BCUT2D eigenvalue weighted by Crippen LogP contribution is 2.01. The lowest BCUT2D eigenvalue weighted by Gasteiger charge is -2.11. The molecule has 2 unspecified atom stereocenters. The van der Waals surface area contributed by atoms with Crippen LogP contribution in [0.3, 0.4) is 0 Å². The molecule has 0 fully saturated rings. The number of hydrogen-bond acceptors (Lipinski definition) is 1. The van der Waals surface area contributed by atoms with Crippen molar-refractivity contribution in [1.82, 2.24) is 0 Å². The minimum atomic E-state index is 0.138. The van der Waals surface area contributed by atoms with E-state index in [1.54, 1.807) is 0 Å². The molecular weight excluding hydrogens is 112 g/mol. The summed E-state index contributed by atoms with van der Waals surface area (Å²) in [5.41, 5.74) is 0. The van der Waals surface area contributed by atoms with Gasteiger partial charge in [-0.3, -0.25) is 0 Å². The maximum Gasteiger partial charge on any atom is 0.0548 e. The average molecular weight is 129 g/mol. The lowest BCUT2D eigenvalue weighted by molar-refractivity contribution is 0.0693. The molecule has 0 heterocycles. The highest BCUT2D eigenvalue weighted by Gasteiger charge is 1.99.